The van der Waals surface area contributed by atoms with Crippen molar-refractivity contribution in [3.8, 4) is 17.2 Å². The van der Waals surface area contributed by atoms with Crippen molar-refractivity contribution in [3.63, 3.8) is 0 Å². The van der Waals surface area contributed by atoms with Gasteiger partial charge in [-0.2, -0.15) is 8.78 Å². The highest BCUT2D eigenvalue weighted by molar-refractivity contribution is 5.50. The molecule has 0 saturated heterocycles. The fourth-order valence-electron chi connectivity index (χ4n) is 2.75. The number of hydrogen-bond acceptors (Lipinski definition) is 7. The van der Waals surface area contributed by atoms with E-state index in [4.69, 9.17) is 9.15 Å². The highest BCUT2D eigenvalue weighted by Gasteiger charge is 2.18. The van der Waals surface area contributed by atoms with Gasteiger partial charge in [-0.05, 0) is 17.7 Å². The predicted octanol–water partition coefficient (Wildman–Crippen LogP) is 4.84. The number of nitrogens with zero attached hydrogens (tertiary/aromatic N) is 4. The number of aromatic nitrogens is 4. The zero-order valence-electron chi connectivity index (χ0n) is 16.0. The van der Waals surface area contributed by atoms with Gasteiger partial charge in [-0.3, -0.25) is 0 Å². The third kappa shape index (κ3) is 4.97. The number of para-hydroxylation sites is 1. The van der Waals surface area contributed by atoms with E-state index >= 15 is 0 Å². The van der Waals surface area contributed by atoms with E-state index in [-0.39, 0.29) is 30.2 Å². The van der Waals surface area contributed by atoms with E-state index in [1.54, 1.807) is 18.2 Å². The van der Waals surface area contributed by atoms with Gasteiger partial charge >= 0.3 is 6.43 Å². The minimum absolute atomic E-state index is 0.107. The Balaban J connectivity index is 1.50. The molecule has 2 heterocycles. The molecule has 0 amide bonds. The van der Waals surface area contributed by atoms with Crippen LogP contribution in [0.5, 0.6) is 5.75 Å². The van der Waals surface area contributed by atoms with Gasteiger partial charge in [-0.15, -0.1) is 10.2 Å². The quantitative estimate of drug-likeness (QED) is 0.431. The number of halogens is 3. The lowest BCUT2D eigenvalue weighted by Gasteiger charge is -2.20. The zero-order valence-corrected chi connectivity index (χ0v) is 16.0. The van der Waals surface area contributed by atoms with Gasteiger partial charge in [0, 0.05) is 12.4 Å². The highest BCUT2D eigenvalue weighted by atomic mass is 19.3. The highest BCUT2D eigenvalue weighted by Crippen LogP contribution is 2.24. The summed E-state index contributed by atoms with van der Waals surface area (Å²) in [4.78, 5) is 8.36. The van der Waals surface area contributed by atoms with Crippen molar-refractivity contribution in [2.75, 3.05) is 11.9 Å². The summed E-state index contributed by atoms with van der Waals surface area (Å²) < 4.78 is 49.7. The average Bonchev–Trinajstić information content (AvgIpc) is 3.29. The van der Waals surface area contributed by atoms with E-state index in [9.17, 15) is 13.2 Å². The lowest BCUT2D eigenvalue weighted by molar-refractivity contribution is 0.116. The molecule has 31 heavy (non-hydrogen) atoms. The lowest BCUT2D eigenvalue weighted by atomic mass is 10.1. The van der Waals surface area contributed by atoms with Crippen LogP contribution in [0.25, 0.3) is 11.5 Å². The zero-order chi connectivity index (χ0) is 21.6. The molecular formula is C21H16F3N5O2. The largest absolute Gasteiger partial charge is 0.488 e. The third-order valence-electron chi connectivity index (χ3n) is 4.27. The van der Waals surface area contributed by atoms with Crippen molar-refractivity contribution >= 4 is 5.95 Å². The van der Waals surface area contributed by atoms with Crippen LogP contribution in [0.15, 0.2) is 71.4 Å². The Kier molecular flexibility index (Phi) is 6.06. The van der Waals surface area contributed by atoms with Crippen molar-refractivity contribution < 1.29 is 22.3 Å². The van der Waals surface area contributed by atoms with Crippen LogP contribution in [0.1, 0.15) is 23.9 Å². The number of ether oxygens (including phenoxy) is 1. The molecule has 4 rings (SSSR count). The first-order valence-electron chi connectivity index (χ1n) is 9.23. The molecule has 0 spiro atoms. The van der Waals surface area contributed by atoms with Gasteiger partial charge in [-0.25, -0.2) is 14.4 Å². The van der Waals surface area contributed by atoms with Crippen molar-refractivity contribution in [2.24, 2.45) is 0 Å². The molecule has 0 saturated carbocycles. The molecule has 7 nitrogen and oxygen atoms in total. The minimum atomic E-state index is -2.86. The smallest absolute Gasteiger partial charge is 0.314 e. The number of alkyl halides is 2. The maximum absolute atomic E-state index is 13.9. The van der Waals surface area contributed by atoms with Gasteiger partial charge in [-0.1, -0.05) is 42.5 Å². The first-order chi connectivity index (χ1) is 15.1. The van der Waals surface area contributed by atoms with Crippen LogP contribution < -0.4 is 10.1 Å². The fraction of sp³-hybridized carbons (Fsp3) is 0.143. The van der Waals surface area contributed by atoms with Gasteiger partial charge in [0.25, 0.3) is 11.8 Å². The van der Waals surface area contributed by atoms with Crippen molar-refractivity contribution in [2.45, 2.75) is 12.5 Å². The molecular weight excluding hydrogens is 411 g/mol. The van der Waals surface area contributed by atoms with Gasteiger partial charge in [0.15, 0.2) is 11.6 Å². The predicted molar refractivity (Wildman–Crippen MR) is 105 cm³/mol. The maximum atomic E-state index is 13.9. The van der Waals surface area contributed by atoms with Gasteiger partial charge in [0.2, 0.25) is 5.95 Å². The molecule has 0 aliphatic carbocycles. The summed E-state index contributed by atoms with van der Waals surface area (Å²) in [6, 6.07) is 15.1. The second-order valence-electron chi connectivity index (χ2n) is 6.39. The molecule has 158 valence electrons. The van der Waals surface area contributed by atoms with Gasteiger partial charge in [0.05, 0.1) is 11.6 Å². The fourth-order valence-corrected chi connectivity index (χ4v) is 2.75. The van der Waals surface area contributed by atoms with E-state index in [2.05, 4.69) is 25.5 Å². The molecule has 2 aromatic carbocycles. The SMILES string of the molecule is Fc1ccccc1OCC(Nc1ncc(-c2nnc(C(F)F)o2)cn1)c1ccccc1. The molecule has 2 aromatic heterocycles. The summed E-state index contributed by atoms with van der Waals surface area (Å²) >= 11 is 0. The second kappa shape index (κ2) is 9.24. The number of nitrogens with one attached hydrogen (secondary N) is 1. The number of rotatable bonds is 8. The first-order valence-corrected chi connectivity index (χ1v) is 9.23. The van der Waals surface area contributed by atoms with E-state index < -0.39 is 18.1 Å². The molecule has 10 heteroatoms. The minimum Gasteiger partial charge on any atom is -0.488 e. The summed E-state index contributed by atoms with van der Waals surface area (Å²) in [5.74, 6) is -0.954. The Morgan fingerprint density at radius 1 is 0.935 bits per heavy atom. The molecule has 0 aliphatic heterocycles. The molecule has 0 radical (unpaired) electrons. The Morgan fingerprint density at radius 2 is 1.65 bits per heavy atom. The lowest BCUT2D eigenvalue weighted by Crippen LogP contribution is -2.20. The normalized spacial score (nSPS) is 12.0. The van der Waals surface area contributed by atoms with Gasteiger partial charge in [0.1, 0.15) is 6.61 Å². The summed E-state index contributed by atoms with van der Waals surface area (Å²) in [5.41, 5.74) is 1.17. The molecule has 1 atom stereocenters. The van der Waals surface area contributed by atoms with E-state index in [0.717, 1.165) is 5.56 Å². The van der Waals surface area contributed by atoms with Crippen LogP contribution in [-0.2, 0) is 0 Å². The Bertz CT molecular complexity index is 1120. The average molecular weight is 427 g/mol. The van der Waals surface area contributed by atoms with Crippen LogP contribution in [0.3, 0.4) is 0 Å². The van der Waals surface area contributed by atoms with Crippen LogP contribution in [0.4, 0.5) is 19.1 Å². The van der Waals surface area contributed by atoms with Gasteiger partial charge < -0.3 is 14.5 Å². The standard InChI is InChI=1S/C21H16F3N5O2/c22-15-8-4-5-9-17(15)30-12-16(13-6-2-1-3-7-13)27-21-25-10-14(11-26-21)19-28-29-20(31-19)18(23)24/h1-11,16,18H,12H2,(H,25,26,27). The van der Waals surface area contributed by atoms with Crippen LogP contribution in [-0.4, -0.2) is 26.8 Å². The molecule has 0 bridgehead atoms. The van der Waals surface area contributed by atoms with Crippen LogP contribution >= 0.6 is 0 Å². The summed E-state index contributed by atoms with van der Waals surface area (Å²) in [7, 11) is 0. The second-order valence-corrected chi connectivity index (χ2v) is 6.39. The third-order valence-corrected chi connectivity index (χ3v) is 4.27. The van der Waals surface area contributed by atoms with Crippen molar-refractivity contribution in [1.82, 2.24) is 20.2 Å². The summed E-state index contributed by atoms with van der Waals surface area (Å²) in [6.45, 7) is 0.109. The Hall–Kier alpha value is -3.95. The topological polar surface area (TPSA) is 86.0 Å². The van der Waals surface area contributed by atoms with E-state index in [0.29, 0.717) is 5.56 Å². The van der Waals surface area contributed by atoms with Crippen molar-refractivity contribution in [1.29, 1.82) is 0 Å². The Morgan fingerprint density at radius 3 is 2.32 bits per heavy atom. The number of hydrogen-bond donors (Lipinski definition) is 1. The van der Waals surface area contributed by atoms with E-state index in [1.807, 2.05) is 30.3 Å². The van der Waals surface area contributed by atoms with E-state index in [1.165, 1.54) is 18.5 Å². The van der Waals surface area contributed by atoms with Crippen LogP contribution in [0, 0.1) is 5.82 Å². The molecule has 1 unspecified atom stereocenters. The molecule has 4 aromatic rings. The summed E-state index contributed by atoms with van der Waals surface area (Å²) in [5, 5.41) is 9.97. The monoisotopic (exact) mass is 427 g/mol. The molecule has 0 fully saturated rings. The Labute approximate surface area is 174 Å². The van der Waals surface area contributed by atoms with Crippen molar-refractivity contribution in [3.05, 3.63) is 84.3 Å². The summed E-state index contributed by atoms with van der Waals surface area (Å²) in [6.07, 6.45) is -0.111. The number of anilines is 1. The number of benzene rings is 2. The molecule has 1 N–H and O–H groups in total. The first kappa shape index (κ1) is 20.3. The van der Waals surface area contributed by atoms with Crippen LogP contribution in [0.2, 0.25) is 0 Å². The molecule has 0 aliphatic rings. The maximum Gasteiger partial charge on any atom is 0.314 e.